The largest absolute Gasteiger partial charge is 0.458 e. The molecule has 0 aliphatic carbocycles. The molecule has 0 saturated carbocycles. The first-order valence-corrected chi connectivity index (χ1v) is 10.9. The van der Waals surface area contributed by atoms with Crippen LogP contribution >= 0.6 is 0 Å². The fourth-order valence-corrected chi connectivity index (χ4v) is 3.43. The zero-order valence-corrected chi connectivity index (χ0v) is 16.5. The SMILES string of the molecule is CC(=O)O[C@@H]1[C@H](C)O[C@H](O[Si](C)(C)C(C)(C)C)C[C@@H]1OC(C)=O. The average Bonchev–Trinajstić information content (AvgIpc) is 2.30. The second kappa shape index (κ2) is 7.32. The van der Waals surface area contributed by atoms with Crippen LogP contribution in [0, 0.1) is 0 Å². The molecule has 0 aromatic heterocycles. The van der Waals surface area contributed by atoms with Gasteiger partial charge >= 0.3 is 11.9 Å². The Morgan fingerprint density at radius 1 is 1.09 bits per heavy atom. The summed E-state index contributed by atoms with van der Waals surface area (Å²) in [6, 6.07) is 0. The van der Waals surface area contributed by atoms with Crippen molar-refractivity contribution in [3.05, 3.63) is 0 Å². The summed E-state index contributed by atoms with van der Waals surface area (Å²) in [4.78, 5) is 22.7. The lowest BCUT2D eigenvalue weighted by molar-refractivity contribution is -0.236. The Bertz CT molecular complexity index is 442. The van der Waals surface area contributed by atoms with E-state index in [-0.39, 0.29) is 5.04 Å². The fourth-order valence-electron chi connectivity index (χ4n) is 2.27. The Morgan fingerprint density at radius 3 is 2.04 bits per heavy atom. The van der Waals surface area contributed by atoms with Crippen LogP contribution < -0.4 is 0 Å². The lowest BCUT2D eigenvalue weighted by Crippen LogP contribution is -2.54. The summed E-state index contributed by atoms with van der Waals surface area (Å²) in [5, 5.41) is 0.0449. The van der Waals surface area contributed by atoms with Gasteiger partial charge in [0.05, 0.1) is 6.10 Å². The van der Waals surface area contributed by atoms with E-state index in [2.05, 4.69) is 33.9 Å². The molecule has 7 heteroatoms. The van der Waals surface area contributed by atoms with Gasteiger partial charge < -0.3 is 18.6 Å². The molecule has 1 heterocycles. The van der Waals surface area contributed by atoms with Gasteiger partial charge in [-0.3, -0.25) is 9.59 Å². The van der Waals surface area contributed by atoms with Gasteiger partial charge in [0, 0.05) is 20.3 Å². The highest BCUT2D eigenvalue weighted by molar-refractivity contribution is 6.74. The predicted molar refractivity (Wildman–Crippen MR) is 88.3 cm³/mol. The van der Waals surface area contributed by atoms with Gasteiger partial charge in [-0.25, -0.2) is 0 Å². The smallest absolute Gasteiger partial charge is 0.303 e. The molecular formula is C16H30O6Si. The minimum absolute atomic E-state index is 0.0449. The lowest BCUT2D eigenvalue weighted by Gasteiger charge is -2.44. The summed E-state index contributed by atoms with van der Waals surface area (Å²) in [5.41, 5.74) is 0. The van der Waals surface area contributed by atoms with Gasteiger partial charge in [-0.05, 0) is 25.1 Å². The summed E-state index contributed by atoms with van der Waals surface area (Å²) < 4.78 is 22.8. The van der Waals surface area contributed by atoms with Gasteiger partial charge in [0.1, 0.15) is 6.10 Å². The summed E-state index contributed by atoms with van der Waals surface area (Å²) in [7, 11) is -2.02. The first kappa shape index (κ1) is 20.1. The minimum atomic E-state index is -2.02. The van der Waals surface area contributed by atoms with Crippen LogP contribution in [0.25, 0.3) is 0 Å². The quantitative estimate of drug-likeness (QED) is 0.575. The van der Waals surface area contributed by atoms with Crippen molar-refractivity contribution in [3.8, 4) is 0 Å². The van der Waals surface area contributed by atoms with E-state index in [0.717, 1.165) is 0 Å². The van der Waals surface area contributed by atoms with Crippen LogP contribution in [0.1, 0.15) is 48.0 Å². The Hall–Kier alpha value is -0.923. The monoisotopic (exact) mass is 346 g/mol. The van der Waals surface area contributed by atoms with Crippen LogP contribution in [-0.2, 0) is 28.2 Å². The van der Waals surface area contributed by atoms with Gasteiger partial charge in [-0.2, -0.15) is 0 Å². The first-order chi connectivity index (χ1) is 10.3. The summed E-state index contributed by atoms with van der Waals surface area (Å²) >= 11 is 0. The number of rotatable bonds is 4. The van der Waals surface area contributed by atoms with E-state index < -0.39 is 44.9 Å². The van der Waals surface area contributed by atoms with E-state index in [1.165, 1.54) is 13.8 Å². The molecule has 0 aromatic carbocycles. The van der Waals surface area contributed by atoms with Crippen molar-refractivity contribution in [1.29, 1.82) is 0 Å². The van der Waals surface area contributed by atoms with Gasteiger partial charge in [-0.1, -0.05) is 20.8 Å². The molecule has 1 fully saturated rings. The van der Waals surface area contributed by atoms with Gasteiger partial charge in [0.25, 0.3) is 0 Å². The molecule has 4 atom stereocenters. The fraction of sp³-hybridized carbons (Fsp3) is 0.875. The van der Waals surface area contributed by atoms with E-state index in [9.17, 15) is 9.59 Å². The minimum Gasteiger partial charge on any atom is -0.458 e. The van der Waals surface area contributed by atoms with E-state index >= 15 is 0 Å². The molecule has 0 unspecified atom stereocenters. The molecule has 0 aromatic rings. The second-order valence-electron chi connectivity index (χ2n) is 7.61. The maximum absolute atomic E-state index is 11.4. The molecule has 1 aliphatic rings. The van der Waals surface area contributed by atoms with E-state index in [1.54, 1.807) is 6.92 Å². The Balaban J connectivity index is 2.88. The third-order valence-electron chi connectivity index (χ3n) is 4.47. The number of hydrogen-bond donors (Lipinski definition) is 0. The van der Waals surface area contributed by atoms with Crippen molar-refractivity contribution in [2.45, 2.75) is 90.7 Å². The molecule has 0 spiro atoms. The van der Waals surface area contributed by atoms with Crippen LogP contribution in [0.4, 0.5) is 0 Å². The second-order valence-corrected chi connectivity index (χ2v) is 12.4. The highest BCUT2D eigenvalue weighted by Crippen LogP contribution is 2.39. The van der Waals surface area contributed by atoms with Crippen molar-refractivity contribution < 1.29 is 28.2 Å². The van der Waals surface area contributed by atoms with Gasteiger partial charge in [-0.15, -0.1) is 0 Å². The Kier molecular flexibility index (Phi) is 6.40. The van der Waals surface area contributed by atoms with E-state index in [1.807, 2.05) is 0 Å². The van der Waals surface area contributed by atoms with Crippen LogP contribution in [-0.4, -0.2) is 44.9 Å². The molecule has 0 bridgehead atoms. The number of esters is 2. The van der Waals surface area contributed by atoms with Crippen LogP contribution in [0.5, 0.6) is 0 Å². The molecule has 0 radical (unpaired) electrons. The van der Waals surface area contributed by atoms with E-state index in [0.29, 0.717) is 6.42 Å². The Morgan fingerprint density at radius 2 is 1.61 bits per heavy atom. The number of ether oxygens (including phenoxy) is 3. The molecule has 1 rings (SSSR count). The van der Waals surface area contributed by atoms with Crippen molar-refractivity contribution in [2.75, 3.05) is 0 Å². The summed E-state index contributed by atoms with van der Waals surface area (Å²) in [6.45, 7) is 15.2. The van der Waals surface area contributed by atoms with Crippen molar-refractivity contribution in [3.63, 3.8) is 0 Å². The average molecular weight is 346 g/mol. The summed E-state index contributed by atoms with van der Waals surface area (Å²) in [5.74, 6) is -0.835. The van der Waals surface area contributed by atoms with Crippen molar-refractivity contribution in [2.24, 2.45) is 0 Å². The molecule has 134 valence electrons. The lowest BCUT2D eigenvalue weighted by atomic mass is 10.0. The number of carbonyl (C=O) groups excluding carboxylic acids is 2. The van der Waals surface area contributed by atoms with Crippen LogP contribution in [0.2, 0.25) is 18.1 Å². The van der Waals surface area contributed by atoms with Crippen molar-refractivity contribution >= 4 is 20.3 Å². The third kappa shape index (κ3) is 5.58. The maximum atomic E-state index is 11.4. The third-order valence-corrected chi connectivity index (χ3v) is 8.94. The van der Waals surface area contributed by atoms with Crippen LogP contribution in [0.3, 0.4) is 0 Å². The predicted octanol–water partition coefficient (Wildman–Crippen LogP) is 3.01. The standard InChI is InChI=1S/C16H30O6Si/c1-10-15(21-12(3)18)13(20-11(2)17)9-14(19-10)22-23(7,8)16(4,5)6/h10,13-15H,9H2,1-8H3/t10-,13-,14+,15+/m0/s1. The first-order valence-electron chi connectivity index (χ1n) is 8.01. The molecular weight excluding hydrogens is 316 g/mol. The number of carbonyl (C=O) groups is 2. The number of hydrogen-bond acceptors (Lipinski definition) is 6. The maximum Gasteiger partial charge on any atom is 0.303 e. The van der Waals surface area contributed by atoms with Gasteiger partial charge in [0.2, 0.25) is 0 Å². The molecule has 0 N–H and O–H groups in total. The Labute approximate surface area is 139 Å². The summed E-state index contributed by atoms with van der Waals surface area (Å²) in [6.07, 6.45) is -1.70. The zero-order valence-electron chi connectivity index (χ0n) is 15.5. The van der Waals surface area contributed by atoms with Crippen molar-refractivity contribution in [1.82, 2.24) is 0 Å². The highest BCUT2D eigenvalue weighted by Gasteiger charge is 2.45. The van der Waals surface area contributed by atoms with Gasteiger partial charge in [0.15, 0.2) is 20.7 Å². The topological polar surface area (TPSA) is 71.1 Å². The van der Waals surface area contributed by atoms with Crippen LogP contribution in [0.15, 0.2) is 0 Å². The van der Waals surface area contributed by atoms with E-state index in [4.69, 9.17) is 18.6 Å². The highest BCUT2D eigenvalue weighted by atomic mass is 28.4. The molecule has 23 heavy (non-hydrogen) atoms. The molecule has 1 saturated heterocycles. The zero-order chi connectivity index (χ0) is 18.0. The molecule has 1 aliphatic heterocycles. The molecule has 6 nitrogen and oxygen atoms in total. The normalized spacial score (nSPS) is 29.0. The molecule has 0 amide bonds.